The maximum atomic E-state index is 8.66. The molecule has 0 saturated carbocycles. The number of hydrogen-bond acceptors (Lipinski definition) is 2. The summed E-state index contributed by atoms with van der Waals surface area (Å²) in [7, 11) is 0. The van der Waals surface area contributed by atoms with Crippen LogP contribution in [0.4, 0.5) is 0 Å². The molecule has 4 heteroatoms. The Morgan fingerprint density at radius 3 is 2.00 bits per heavy atom. The normalized spacial score (nSPS) is 10.8. The molecule has 0 spiro atoms. The lowest BCUT2D eigenvalue weighted by molar-refractivity contribution is -0.0381. The molecule has 0 aliphatic rings. The fraction of sp³-hybridized carbons (Fsp3) is 0.250. The number of halogens is 2. The molecule has 66 valence electrons. The average molecular weight is 207 g/mol. The van der Waals surface area contributed by atoms with E-state index in [0.29, 0.717) is 15.6 Å². The second kappa shape index (κ2) is 4.10. The summed E-state index contributed by atoms with van der Waals surface area (Å²) in [6, 6.07) is 4.89. The minimum atomic E-state index is -1.36. The van der Waals surface area contributed by atoms with Crippen molar-refractivity contribution in [3.8, 4) is 0 Å². The van der Waals surface area contributed by atoms with Gasteiger partial charge in [-0.15, -0.1) is 0 Å². The minimum Gasteiger partial charge on any atom is -0.368 e. The van der Waals surface area contributed by atoms with E-state index in [1.807, 2.05) is 0 Å². The second-order valence-corrected chi connectivity index (χ2v) is 3.34. The van der Waals surface area contributed by atoms with E-state index in [0.717, 1.165) is 0 Å². The summed E-state index contributed by atoms with van der Waals surface area (Å²) in [4.78, 5) is 0. The Labute approximate surface area is 80.4 Å². The number of aliphatic hydroxyl groups is 2. The van der Waals surface area contributed by atoms with Crippen molar-refractivity contribution in [1.29, 1.82) is 0 Å². The third-order valence-corrected chi connectivity index (χ3v) is 1.78. The molecule has 0 atom stereocenters. The summed E-state index contributed by atoms with van der Waals surface area (Å²) in [5, 5.41) is 18.3. The predicted octanol–water partition coefficient (Wildman–Crippen LogP) is 1.85. The molecule has 0 radical (unpaired) electrons. The van der Waals surface area contributed by atoms with E-state index in [-0.39, 0.29) is 6.42 Å². The molecule has 0 heterocycles. The Morgan fingerprint density at radius 1 is 1.08 bits per heavy atom. The number of aliphatic hydroxyl groups excluding tert-OH is 1. The smallest absolute Gasteiger partial charge is 0.155 e. The van der Waals surface area contributed by atoms with E-state index < -0.39 is 6.29 Å². The molecule has 0 fully saturated rings. The largest absolute Gasteiger partial charge is 0.368 e. The van der Waals surface area contributed by atoms with Crippen molar-refractivity contribution >= 4 is 23.2 Å². The van der Waals surface area contributed by atoms with Crippen LogP contribution >= 0.6 is 23.2 Å². The van der Waals surface area contributed by atoms with Crippen molar-refractivity contribution in [2.24, 2.45) is 0 Å². The summed E-state index contributed by atoms with van der Waals surface area (Å²) >= 11 is 11.4. The molecule has 1 aromatic rings. The van der Waals surface area contributed by atoms with Crippen molar-refractivity contribution in [3.05, 3.63) is 33.8 Å². The number of hydrogen-bond donors (Lipinski definition) is 2. The first-order chi connectivity index (χ1) is 5.58. The molecular formula is C8H8Cl2O2. The topological polar surface area (TPSA) is 40.5 Å². The zero-order chi connectivity index (χ0) is 9.14. The minimum absolute atomic E-state index is 0.139. The Hall–Kier alpha value is -0.280. The van der Waals surface area contributed by atoms with Gasteiger partial charge in [0.05, 0.1) is 0 Å². The lowest BCUT2D eigenvalue weighted by Gasteiger charge is -2.04. The Morgan fingerprint density at radius 2 is 1.58 bits per heavy atom. The highest BCUT2D eigenvalue weighted by Crippen LogP contribution is 2.19. The fourth-order valence-electron chi connectivity index (χ4n) is 0.940. The summed E-state index contributed by atoms with van der Waals surface area (Å²) in [6.07, 6.45) is -1.22. The van der Waals surface area contributed by atoms with Crippen molar-refractivity contribution in [2.75, 3.05) is 0 Å². The molecule has 0 unspecified atom stereocenters. The quantitative estimate of drug-likeness (QED) is 0.726. The van der Waals surface area contributed by atoms with E-state index in [4.69, 9.17) is 33.4 Å². The lowest BCUT2D eigenvalue weighted by atomic mass is 10.1. The van der Waals surface area contributed by atoms with Gasteiger partial charge in [0.1, 0.15) is 0 Å². The van der Waals surface area contributed by atoms with Crippen LogP contribution in [0.25, 0.3) is 0 Å². The summed E-state index contributed by atoms with van der Waals surface area (Å²) < 4.78 is 0. The lowest BCUT2D eigenvalue weighted by Crippen LogP contribution is -2.07. The molecule has 1 rings (SSSR count). The standard InChI is InChI=1S/C8H8Cl2O2/c9-6-1-5(3-8(11)12)2-7(10)4-6/h1-2,4,8,11-12H,3H2. The van der Waals surface area contributed by atoms with E-state index in [1.165, 1.54) is 0 Å². The van der Waals surface area contributed by atoms with Gasteiger partial charge in [-0.05, 0) is 23.8 Å². The van der Waals surface area contributed by atoms with Gasteiger partial charge in [-0.3, -0.25) is 0 Å². The van der Waals surface area contributed by atoms with Gasteiger partial charge in [0.25, 0.3) is 0 Å². The van der Waals surface area contributed by atoms with Crippen LogP contribution < -0.4 is 0 Å². The van der Waals surface area contributed by atoms with Crippen LogP contribution in [0.15, 0.2) is 18.2 Å². The molecule has 1 aromatic carbocycles. The highest BCUT2D eigenvalue weighted by molar-refractivity contribution is 6.34. The SMILES string of the molecule is OC(O)Cc1cc(Cl)cc(Cl)c1. The molecule has 0 aromatic heterocycles. The van der Waals surface area contributed by atoms with Gasteiger partial charge >= 0.3 is 0 Å². The van der Waals surface area contributed by atoms with Gasteiger partial charge in [0, 0.05) is 16.5 Å². The molecule has 2 nitrogen and oxygen atoms in total. The zero-order valence-electron chi connectivity index (χ0n) is 6.17. The maximum absolute atomic E-state index is 8.66. The first-order valence-corrected chi connectivity index (χ1v) is 4.14. The van der Waals surface area contributed by atoms with E-state index in [9.17, 15) is 0 Å². The fourth-order valence-corrected chi connectivity index (χ4v) is 1.51. The van der Waals surface area contributed by atoms with Crippen LogP contribution in [0, 0.1) is 0 Å². The van der Waals surface area contributed by atoms with Crippen LogP contribution in [0.3, 0.4) is 0 Å². The maximum Gasteiger partial charge on any atom is 0.155 e. The molecule has 2 N–H and O–H groups in total. The van der Waals surface area contributed by atoms with Gasteiger partial charge in [0.15, 0.2) is 6.29 Å². The summed E-state index contributed by atoms with van der Waals surface area (Å²) in [5.74, 6) is 0. The van der Waals surface area contributed by atoms with Crippen LogP contribution in [0.2, 0.25) is 10.0 Å². The van der Waals surface area contributed by atoms with Crippen molar-refractivity contribution in [2.45, 2.75) is 12.7 Å². The molecule has 12 heavy (non-hydrogen) atoms. The van der Waals surface area contributed by atoms with E-state index in [1.54, 1.807) is 18.2 Å². The third kappa shape index (κ3) is 2.99. The van der Waals surface area contributed by atoms with Crippen LogP contribution in [0.5, 0.6) is 0 Å². The van der Waals surface area contributed by atoms with Crippen LogP contribution in [-0.4, -0.2) is 16.5 Å². The van der Waals surface area contributed by atoms with Crippen molar-refractivity contribution in [1.82, 2.24) is 0 Å². The number of benzene rings is 1. The highest BCUT2D eigenvalue weighted by Gasteiger charge is 2.02. The summed E-state index contributed by atoms with van der Waals surface area (Å²) in [6.45, 7) is 0. The van der Waals surface area contributed by atoms with Crippen LogP contribution in [-0.2, 0) is 6.42 Å². The van der Waals surface area contributed by atoms with Gasteiger partial charge in [-0.2, -0.15) is 0 Å². The molecular weight excluding hydrogens is 199 g/mol. The average Bonchev–Trinajstić information content (AvgIpc) is 1.81. The first kappa shape index (κ1) is 9.81. The monoisotopic (exact) mass is 206 g/mol. The Bertz CT molecular complexity index is 254. The number of rotatable bonds is 2. The van der Waals surface area contributed by atoms with Gasteiger partial charge in [-0.25, -0.2) is 0 Å². The molecule has 0 aliphatic carbocycles. The van der Waals surface area contributed by atoms with Crippen molar-refractivity contribution in [3.63, 3.8) is 0 Å². The molecule has 0 bridgehead atoms. The summed E-state index contributed by atoms with van der Waals surface area (Å²) in [5.41, 5.74) is 0.711. The molecule has 0 aliphatic heterocycles. The molecule has 0 saturated heterocycles. The molecule has 0 amide bonds. The van der Waals surface area contributed by atoms with Crippen molar-refractivity contribution < 1.29 is 10.2 Å². The Kier molecular flexibility index (Phi) is 3.35. The second-order valence-electron chi connectivity index (χ2n) is 2.46. The Balaban J connectivity index is 2.85. The predicted molar refractivity (Wildman–Crippen MR) is 48.4 cm³/mol. The van der Waals surface area contributed by atoms with Gasteiger partial charge in [0.2, 0.25) is 0 Å². The van der Waals surface area contributed by atoms with Gasteiger partial charge in [-0.1, -0.05) is 23.2 Å². The first-order valence-electron chi connectivity index (χ1n) is 3.39. The zero-order valence-corrected chi connectivity index (χ0v) is 7.68. The van der Waals surface area contributed by atoms with Gasteiger partial charge < -0.3 is 10.2 Å². The van der Waals surface area contributed by atoms with E-state index >= 15 is 0 Å². The van der Waals surface area contributed by atoms with E-state index in [2.05, 4.69) is 0 Å². The van der Waals surface area contributed by atoms with Crippen LogP contribution in [0.1, 0.15) is 5.56 Å². The third-order valence-electron chi connectivity index (χ3n) is 1.34. The highest BCUT2D eigenvalue weighted by atomic mass is 35.5.